The van der Waals surface area contributed by atoms with Crippen LogP contribution in [0.15, 0.2) is 30.6 Å². The summed E-state index contributed by atoms with van der Waals surface area (Å²) in [7, 11) is 0. The molecule has 106 valence electrons. The fourth-order valence-electron chi connectivity index (χ4n) is 2.68. The van der Waals surface area contributed by atoms with E-state index in [-0.39, 0.29) is 0 Å². The summed E-state index contributed by atoms with van der Waals surface area (Å²) in [6.45, 7) is 6.39. The number of aryl methyl sites for hydroxylation is 1. The third kappa shape index (κ3) is 3.20. The molecule has 0 atom stereocenters. The summed E-state index contributed by atoms with van der Waals surface area (Å²) in [5, 5.41) is 3.41. The number of hydrogen-bond donors (Lipinski definition) is 2. The molecule has 4 heteroatoms. The summed E-state index contributed by atoms with van der Waals surface area (Å²) in [6, 6.07) is 8.76. The van der Waals surface area contributed by atoms with Crippen molar-refractivity contribution >= 4 is 5.69 Å². The molecule has 20 heavy (non-hydrogen) atoms. The van der Waals surface area contributed by atoms with E-state index < -0.39 is 0 Å². The van der Waals surface area contributed by atoms with Gasteiger partial charge in [0.1, 0.15) is 0 Å². The highest BCUT2D eigenvalue weighted by molar-refractivity contribution is 5.45. The van der Waals surface area contributed by atoms with Gasteiger partial charge in [0.05, 0.1) is 18.6 Å². The highest BCUT2D eigenvalue weighted by Crippen LogP contribution is 2.15. The van der Waals surface area contributed by atoms with Gasteiger partial charge in [-0.25, -0.2) is 4.98 Å². The SMILES string of the molecule is Cc1[nH]cnc1CNc1ccc(CN2CCCC2)cc1. The molecule has 2 heterocycles. The molecule has 0 unspecified atom stereocenters. The third-order valence-electron chi connectivity index (χ3n) is 3.95. The molecule has 0 amide bonds. The molecule has 0 bridgehead atoms. The number of nitrogens with zero attached hydrogens (tertiary/aromatic N) is 2. The first-order valence-electron chi connectivity index (χ1n) is 7.35. The maximum absolute atomic E-state index is 4.29. The summed E-state index contributed by atoms with van der Waals surface area (Å²) in [4.78, 5) is 9.91. The molecule has 1 fully saturated rings. The predicted octanol–water partition coefficient (Wildman–Crippen LogP) is 2.93. The van der Waals surface area contributed by atoms with Crippen molar-refractivity contribution in [3.05, 3.63) is 47.5 Å². The molecule has 1 aromatic carbocycles. The van der Waals surface area contributed by atoms with Crippen molar-refractivity contribution in [1.82, 2.24) is 14.9 Å². The number of aromatic nitrogens is 2. The first kappa shape index (κ1) is 13.2. The number of rotatable bonds is 5. The van der Waals surface area contributed by atoms with Crippen LogP contribution in [0.1, 0.15) is 29.8 Å². The quantitative estimate of drug-likeness (QED) is 0.878. The van der Waals surface area contributed by atoms with E-state index in [9.17, 15) is 0 Å². The van der Waals surface area contributed by atoms with Crippen LogP contribution in [0.3, 0.4) is 0 Å². The van der Waals surface area contributed by atoms with Crippen LogP contribution in [0.5, 0.6) is 0 Å². The van der Waals surface area contributed by atoms with Crippen LogP contribution in [-0.2, 0) is 13.1 Å². The molecule has 2 aromatic rings. The number of likely N-dealkylation sites (tertiary alicyclic amines) is 1. The zero-order valence-corrected chi connectivity index (χ0v) is 12.0. The number of imidazole rings is 1. The Labute approximate surface area is 120 Å². The van der Waals surface area contributed by atoms with Crippen molar-refractivity contribution < 1.29 is 0 Å². The highest BCUT2D eigenvalue weighted by atomic mass is 15.1. The molecule has 3 rings (SSSR count). The van der Waals surface area contributed by atoms with Gasteiger partial charge in [-0.3, -0.25) is 4.90 Å². The molecule has 2 N–H and O–H groups in total. The van der Waals surface area contributed by atoms with Gasteiger partial charge < -0.3 is 10.3 Å². The molecule has 1 aromatic heterocycles. The van der Waals surface area contributed by atoms with Gasteiger partial charge in [-0.15, -0.1) is 0 Å². The van der Waals surface area contributed by atoms with Crippen LogP contribution >= 0.6 is 0 Å². The van der Waals surface area contributed by atoms with Crippen molar-refractivity contribution in [1.29, 1.82) is 0 Å². The van der Waals surface area contributed by atoms with Crippen LogP contribution in [0.25, 0.3) is 0 Å². The lowest BCUT2D eigenvalue weighted by Crippen LogP contribution is -2.18. The maximum atomic E-state index is 4.29. The zero-order chi connectivity index (χ0) is 13.8. The van der Waals surface area contributed by atoms with Crippen LogP contribution in [0.4, 0.5) is 5.69 Å². The normalized spacial score (nSPS) is 15.7. The second-order valence-electron chi connectivity index (χ2n) is 5.51. The van der Waals surface area contributed by atoms with E-state index in [0.717, 1.165) is 30.2 Å². The number of benzene rings is 1. The zero-order valence-electron chi connectivity index (χ0n) is 12.0. The van der Waals surface area contributed by atoms with E-state index in [0.29, 0.717) is 0 Å². The molecule has 0 radical (unpaired) electrons. The molecule has 0 spiro atoms. The number of aromatic amines is 1. The maximum Gasteiger partial charge on any atom is 0.0925 e. The average molecular weight is 270 g/mol. The second kappa shape index (κ2) is 6.09. The van der Waals surface area contributed by atoms with Crippen LogP contribution in [0.2, 0.25) is 0 Å². The predicted molar refractivity (Wildman–Crippen MR) is 81.6 cm³/mol. The summed E-state index contributed by atoms with van der Waals surface area (Å²) in [5.74, 6) is 0. The minimum absolute atomic E-state index is 0.765. The van der Waals surface area contributed by atoms with Gasteiger partial charge in [0.25, 0.3) is 0 Å². The van der Waals surface area contributed by atoms with Gasteiger partial charge in [-0.1, -0.05) is 12.1 Å². The number of H-pyrrole nitrogens is 1. The Hall–Kier alpha value is -1.81. The molecule has 1 aliphatic rings. The summed E-state index contributed by atoms with van der Waals surface area (Å²) in [5.41, 5.74) is 4.75. The number of nitrogens with one attached hydrogen (secondary N) is 2. The van der Waals surface area contributed by atoms with Crippen molar-refractivity contribution in [3.63, 3.8) is 0 Å². The van der Waals surface area contributed by atoms with E-state index in [4.69, 9.17) is 0 Å². The standard InChI is InChI=1S/C16H22N4/c1-13-16(19-12-18-13)10-17-15-6-4-14(5-7-15)11-20-8-2-3-9-20/h4-7,12,17H,2-3,8-11H2,1H3,(H,18,19). The number of anilines is 1. The Morgan fingerprint density at radius 2 is 1.95 bits per heavy atom. The fraction of sp³-hybridized carbons (Fsp3) is 0.438. The molecule has 1 saturated heterocycles. The first-order chi connectivity index (χ1) is 9.81. The largest absolute Gasteiger partial charge is 0.379 e. The molecule has 1 aliphatic heterocycles. The van der Waals surface area contributed by atoms with Crippen LogP contribution < -0.4 is 5.32 Å². The molecule has 0 saturated carbocycles. The van der Waals surface area contributed by atoms with Gasteiger partial charge in [0.2, 0.25) is 0 Å². The Morgan fingerprint density at radius 3 is 2.60 bits per heavy atom. The summed E-state index contributed by atoms with van der Waals surface area (Å²) >= 11 is 0. The van der Waals surface area contributed by atoms with Crippen molar-refractivity contribution in [3.8, 4) is 0 Å². The van der Waals surface area contributed by atoms with E-state index >= 15 is 0 Å². The fourth-order valence-corrected chi connectivity index (χ4v) is 2.68. The molecular formula is C16H22N4. The van der Waals surface area contributed by atoms with Gasteiger partial charge in [0.15, 0.2) is 0 Å². The van der Waals surface area contributed by atoms with Gasteiger partial charge in [0, 0.05) is 17.9 Å². The van der Waals surface area contributed by atoms with Gasteiger partial charge >= 0.3 is 0 Å². The topological polar surface area (TPSA) is 44.0 Å². The lowest BCUT2D eigenvalue weighted by Gasteiger charge is -2.14. The van der Waals surface area contributed by atoms with E-state index in [1.165, 1.54) is 31.5 Å². The average Bonchev–Trinajstić information content (AvgIpc) is 3.10. The van der Waals surface area contributed by atoms with E-state index in [2.05, 4.69) is 44.5 Å². The van der Waals surface area contributed by atoms with Gasteiger partial charge in [-0.05, 0) is 50.6 Å². The monoisotopic (exact) mass is 270 g/mol. The van der Waals surface area contributed by atoms with Crippen LogP contribution in [0, 0.1) is 6.92 Å². The van der Waals surface area contributed by atoms with Crippen LogP contribution in [-0.4, -0.2) is 28.0 Å². The second-order valence-corrected chi connectivity index (χ2v) is 5.51. The smallest absolute Gasteiger partial charge is 0.0925 e. The lowest BCUT2D eigenvalue weighted by molar-refractivity contribution is 0.331. The van der Waals surface area contributed by atoms with Gasteiger partial charge in [-0.2, -0.15) is 0 Å². The Balaban J connectivity index is 1.54. The minimum Gasteiger partial charge on any atom is -0.379 e. The molecular weight excluding hydrogens is 248 g/mol. The van der Waals surface area contributed by atoms with E-state index in [1.807, 2.05) is 6.92 Å². The van der Waals surface area contributed by atoms with Crippen molar-refractivity contribution in [2.75, 3.05) is 18.4 Å². The van der Waals surface area contributed by atoms with Crippen molar-refractivity contribution in [2.45, 2.75) is 32.9 Å². The molecule has 4 nitrogen and oxygen atoms in total. The minimum atomic E-state index is 0.765. The van der Waals surface area contributed by atoms with E-state index in [1.54, 1.807) is 6.33 Å². The van der Waals surface area contributed by atoms with Crippen molar-refractivity contribution in [2.24, 2.45) is 0 Å². The summed E-state index contributed by atoms with van der Waals surface area (Å²) < 4.78 is 0. The lowest BCUT2D eigenvalue weighted by atomic mass is 10.2. The summed E-state index contributed by atoms with van der Waals surface area (Å²) in [6.07, 6.45) is 4.44. The molecule has 0 aliphatic carbocycles. The Bertz CT molecular complexity index is 538. The number of hydrogen-bond acceptors (Lipinski definition) is 3. The Kier molecular flexibility index (Phi) is 4.02. The first-order valence-corrected chi connectivity index (χ1v) is 7.35. The highest BCUT2D eigenvalue weighted by Gasteiger charge is 2.11. The Morgan fingerprint density at radius 1 is 1.20 bits per heavy atom. The third-order valence-corrected chi connectivity index (χ3v) is 3.95.